The fraction of sp³-hybridized carbons (Fsp3) is 0.200. The van der Waals surface area contributed by atoms with Crippen LogP contribution in [0.4, 0.5) is 0 Å². The van der Waals surface area contributed by atoms with E-state index in [0.29, 0.717) is 17.8 Å². The zero-order valence-electron chi connectivity index (χ0n) is 11.0. The number of primary amides is 1. The van der Waals surface area contributed by atoms with Crippen LogP contribution in [0.25, 0.3) is 0 Å². The molecule has 0 saturated heterocycles. The van der Waals surface area contributed by atoms with Gasteiger partial charge in [0.1, 0.15) is 5.56 Å². The van der Waals surface area contributed by atoms with Crippen molar-refractivity contribution in [3.63, 3.8) is 0 Å². The Morgan fingerprint density at radius 2 is 1.84 bits per heavy atom. The van der Waals surface area contributed by atoms with Crippen LogP contribution in [-0.2, 0) is 6.54 Å². The number of hydrogen-bond donors (Lipinski definition) is 1. The highest BCUT2D eigenvalue weighted by Gasteiger charge is 2.15. The summed E-state index contributed by atoms with van der Waals surface area (Å²) in [5, 5.41) is 0. The van der Waals surface area contributed by atoms with E-state index in [1.807, 2.05) is 34.9 Å². The molecular formula is C15H16N2O2. The van der Waals surface area contributed by atoms with E-state index in [9.17, 15) is 9.59 Å². The average molecular weight is 256 g/mol. The molecule has 2 rings (SSSR count). The fourth-order valence-electron chi connectivity index (χ4n) is 2.13. The number of nitrogens with zero attached hydrogens (tertiary/aromatic N) is 1. The van der Waals surface area contributed by atoms with Crippen LogP contribution in [0.1, 0.15) is 27.2 Å². The number of aromatic nitrogens is 1. The third-order valence-electron chi connectivity index (χ3n) is 3.17. The normalized spacial score (nSPS) is 10.4. The maximum absolute atomic E-state index is 11.9. The van der Waals surface area contributed by atoms with E-state index in [1.54, 1.807) is 20.0 Å². The minimum Gasteiger partial charge on any atom is -0.365 e. The molecule has 0 fully saturated rings. The van der Waals surface area contributed by atoms with E-state index < -0.39 is 5.91 Å². The molecule has 1 aromatic carbocycles. The highest BCUT2D eigenvalue weighted by atomic mass is 16.2. The molecule has 98 valence electrons. The number of pyridine rings is 1. The molecule has 2 N–H and O–H groups in total. The number of aryl methyl sites for hydroxylation is 1. The lowest BCUT2D eigenvalue weighted by Gasteiger charge is -2.14. The predicted octanol–water partition coefficient (Wildman–Crippen LogP) is 1.61. The highest BCUT2D eigenvalue weighted by molar-refractivity contribution is 5.93. The third kappa shape index (κ3) is 2.57. The molecule has 0 radical (unpaired) electrons. The number of benzene rings is 1. The van der Waals surface area contributed by atoms with Gasteiger partial charge in [-0.15, -0.1) is 0 Å². The highest BCUT2D eigenvalue weighted by Crippen LogP contribution is 2.09. The molecule has 0 spiro atoms. The van der Waals surface area contributed by atoms with E-state index in [-0.39, 0.29) is 11.0 Å². The molecule has 0 unspecified atom stereocenters. The summed E-state index contributed by atoms with van der Waals surface area (Å²) in [6, 6.07) is 9.85. The number of rotatable bonds is 3. The Kier molecular flexibility index (Phi) is 3.51. The monoisotopic (exact) mass is 256 g/mol. The fourth-order valence-corrected chi connectivity index (χ4v) is 2.13. The van der Waals surface area contributed by atoms with Crippen molar-refractivity contribution >= 4 is 5.91 Å². The first-order chi connectivity index (χ1) is 9.00. The standard InChI is InChI=1S/C15H16N2O2/c1-10-8-17(9-12-6-4-3-5-7-12)11(2)13(14(10)18)15(16)19/h3-8H,9H2,1-2H3,(H2,16,19). The van der Waals surface area contributed by atoms with Gasteiger partial charge in [0.2, 0.25) is 0 Å². The third-order valence-corrected chi connectivity index (χ3v) is 3.17. The van der Waals surface area contributed by atoms with Gasteiger partial charge < -0.3 is 10.3 Å². The molecule has 19 heavy (non-hydrogen) atoms. The molecule has 0 atom stereocenters. The first-order valence-electron chi connectivity index (χ1n) is 6.05. The average Bonchev–Trinajstić information content (AvgIpc) is 2.37. The Bertz CT molecular complexity index is 673. The molecule has 2 aromatic rings. The maximum atomic E-state index is 11.9. The van der Waals surface area contributed by atoms with Crippen LogP contribution in [0.5, 0.6) is 0 Å². The summed E-state index contributed by atoms with van der Waals surface area (Å²) < 4.78 is 1.88. The molecule has 1 aromatic heterocycles. The maximum Gasteiger partial charge on any atom is 0.254 e. The lowest BCUT2D eigenvalue weighted by atomic mass is 10.1. The van der Waals surface area contributed by atoms with Crippen LogP contribution in [0.2, 0.25) is 0 Å². The van der Waals surface area contributed by atoms with Gasteiger partial charge in [0, 0.05) is 24.0 Å². The summed E-state index contributed by atoms with van der Waals surface area (Å²) in [5.74, 6) is -0.673. The zero-order valence-corrected chi connectivity index (χ0v) is 11.0. The van der Waals surface area contributed by atoms with Crippen LogP contribution in [0.15, 0.2) is 41.3 Å². The topological polar surface area (TPSA) is 65.1 Å². The minimum atomic E-state index is -0.673. The number of hydrogen-bond acceptors (Lipinski definition) is 2. The summed E-state index contributed by atoms with van der Waals surface area (Å²) in [5.41, 5.74) is 7.32. The Balaban J connectivity index is 2.53. The molecule has 1 heterocycles. The van der Waals surface area contributed by atoms with Gasteiger partial charge in [-0.1, -0.05) is 30.3 Å². The minimum absolute atomic E-state index is 0.0796. The van der Waals surface area contributed by atoms with Crippen molar-refractivity contribution in [1.82, 2.24) is 4.57 Å². The first-order valence-corrected chi connectivity index (χ1v) is 6.05. The van der Waals surface area contributed by atoms with Gasteiger partial charge in [-0.3, -0.25) is 9.59 Å². The summed E-state index contributed by atoms with van der Waals surface area (Å²) in [6.45, 7) is 4.04. The lowest BCUT2D eigenvalue weighted by Crippen LogP contribution is -2.28. The lowest BCUT2D eigenvalue weighted by molar-refractivity contribution is 0.0997. The Morgan fingerprint density at radius 1 is 1.21 bits per heavy atom. The van der Waals surface area contributed by atoms with Crippen LogP contribution in [-0.4, -0.2) is 10.5 Å². The molecule has 0 bridgehead atoms. The van der Waals surface area contributed by atoms with E-state index >= 15 is 0 Å². The van der Waals surface area contributed by atoms with Gasteiger partial charge in [-0.05, 0) is 19.4 Å². The van der Waals surface area contributed by atoms with Gasteiger partial charge in [0.05, 0.1) is 0 Å². The van der Waals surface area contributed by atoms with Crippen LogP contribution in [0.3, 0.4) is 0 Å². The summed E-state index contributed by atoms with van der Waals surface area (Å²) in [6.07, 6.45) is 1.76. The van der Waals surface area contributed by atoms with Crippen molar-refractivity contribution in [2.45, 2.75) is 20.4 Å². The van der Waals surface area contributed by atoms with Crippen molar-refractivity contribution in [3.8, 4) is 0 Å². The van der Waals surface area contributed by atoms with Gasteiger partial charge in [0.25, 0.3) is 5.91 Å². The Labute approximate surface area is 111 Å². The first kappa shape index (κ1) is 13.1. The van der Waals surface area contributed by atoms with Gasteiger partial charge in [-0.2, -0.15) is 0 Å². The van der Waals surface area contributed by atoms with Crippen molar-refractivity contribution in [3.05, 3.63) is 69.1 Å². The molecule has 4 nitrogen and oxygen atoms in total. The van der Waals surface area contributed by atoms with Gasteiger partial charge >= 0.3 is 0 Å². The van der Waals surface area contributed by atoms with E-state index in [1.165, 1.54) is 0 Å². The molecule has 0 aliphatic heterocycles. The smallest absolute Gasteiger partial charge is 0.254 e. The van der Waals surface area contributed by atoms with Gasteiger partial charge in [-0.25, -0.2) is 0 Å². The van der Waals surface area contributed by atoms with E-state index in [4.69, 9.17) is 5.73 Å². The van der Waals surface area contributed by atoms with Crippen molar-refractivity contribution in [2.75, 3.05) is 0 Å². The summed E-state index contributed by atoms with van der Waals surface area (Å²) >= 11 is 0. The predicted molar refractivity (Wildman–Crippen MR) is 74.2 cm³/mol. The molecule has 0 aliphatic carbocycles. The van der Waals surface area contributed by atoms with Crippen molar-refractivity contribution in [1.29, 1.82) is 0 Å². The summed E-state index contributed by atoms with van der Waals surface area (Å²) in [7, 11) is 0. The van der Waals surface area contributed by atoms with E-state index in [0.717, 1.165) is 5.56 Å². The van der Waals surface area contributed by atoms with Crippen molar-refractivity contribution in [2.24, 2.45) is 5.73 Å². The zero-order chi connectivity index (χ0) is 14.0. The number of nitrogens with two attached hydrogens (primary N) is 1. The number of carbonyl (C=O) groups excluding carboxylic acids is 1. The van der Waals surface area contributed by atoms with Gasteiger partial charge in [0.15, 0.2) is 5.43 Å². The SMILES string of the molecule is Cc1cn(Cc2ccccc2)c(C)c(C(N)=O)c1=O. The van der Waals surface area contributed by atoms with Crippen molar-refractivity contribution < 1.29 is 4.79 Å². The van der Waals surface area contributed by atoms with E-state index in [2.05, 4.69) is 0 Å². The Morgan fingerprint density at radius 3 is 2.42 bits per heavy atom. The quantitative estimate of drug-likeness (QED) is 0.906. The van der Waals surface area contributed by atoms with Crippen LogP contribution in [0, 0.1) is 13.8 Å². The van der Waals surface area contributed by atoms with Crippen LogP contribution < -0.4 is 11.2 Å². The second-order valence-electron chi connectivity index (χ2n) is 4.58. The van der Waals surface area contributed by atoms with Crippen LogP contribution >= 0.6 is 0 Å². The largest absolute Gasteiger partial charge is 0.365 e. The molecule has 0 saturated carbocycles. The number of carbonyl (C=O) groups is 1. The Hall–Kier alpha value is -2.36. The summed E-state index contributed by atoms with van der Waals surface area (Å²) in [4.78, 5) is 23.3. The molecule has 1 amide bonds. The second-order valence-corrected chi connectivity index (χ2v) is 4.58. The molecule has 0 aliphatic rings. The molecular weight excluding hydrogens is 240 g/mol. The number of amides is 1. The molecule has 4 heteroatoms. The second kappa shape index (κ2) is 5.10.